The van der Waals surface area contributed by atoms with Crippen molar-refractivity contribution in [2.75, 3.05) is 32.7 Å². The average Bonchev–Trinajstić information content (AvgIpc) is 3.13. The highest BCUT2D eigenvalue weighted by Crippen LogP contribution is 2.46. The van der Waals surface area contributed by atoms with Crippen LogP contribution in [0.2, 0.25) is 0 Å². The fourth-order valence-electron chi connectivity index (χ4n) is 2.72. The summed E-state index contributed by atoms with van der Waals surface area (Å²) in [6.45, 7) is 11.6. The van der Waals surface area contributed by atoms with E-state index in [1.165, 1.54) is 5.57 Å². The van der Waals surface area contributed by atoms with Crippen LogP contribution in [0.4, 0.5) is 0 Å². The number of carbonyl (C=O) groups is 1. The second-order valence-corrected chi connectivity index (χ2v) is 6.62. The van der Waals surface area contributed by atoms with Gasteiger partial charge in [-0.15, -0.1) is 0 Å². The van der Waals surface area contributed by atoms with Crippen molar-refractivity contribution in [3.05, 3.63) is 11.6 Å². The van der Waals surface area contributed by atoms with Crippen LogP contribution >= 0.6 is 0 Å². The Kier molecular flexibility index (Phi) is 4.67. The smallest absolute Gasteiger partial charge is 0.228 e. The molecule has 0 aromatic rings. The molecule has 1 saturated carbocycles. The number of allylic oxidation sites excluding steroid dienone is 1. The molecule has 0 aromatic carbocycles. The molecule has 0 unspecified atom stereocenters. The molecular formula is C16H28N2O. The van der Waals surface area contributed by atoms with Gasteiger partial charge in [0.2, 0.25) is 5.91 Å². The number of hydrogen-bond donors (Lipinski definition) is 0. The quantitative estimate of drug-likeness (QED) is 0.729. The molecule has 0 aromatic heterocycles. The molecule has 1 amide bonds. The van der Waals surface area contributed by atoms with Crippen molar-refractivity contribution in [2.45, 2.75) is 46.5 Å². The maximum absolute atomic E-state index is 12.3. The van der Waals surface area contributed by atoms with Crippen molar-refractivity contribution in [3.8, 4) is 0 Å². The summed E-state index contributed by atoms with van der Waals surface area (Å²) in [5.41, 5.74) is 1.39. The molecule has 2 fully saturated rings. The molecule has 3 nitrogen and oxygen atoms in total. The van der Waals surface area contributed by atoms with Crippen molar-refractivity contribution < 1.29 is 4.79 Å². The summed E-state index contributed by atoms with van der Waals surface area (Å²) in [6, 6.07) is 0. The van der Waals surface area contributed by atoms with E-state index in [-0.39, 0.29) is 5.41 Å². The molecule has 2 rings (SSSR count). The summed E-state index contributed by atoms with van der Waals surface area (Å²) in [7, 11) is 0. The summed E-state index contributed by atoms with van der Waals surface area (Å²) in [6.07, 6.45) is 6.74. The average molecular weight is 264 g/mol. The van der Waals surface area contributed by atoms with Crippen LogP contribution in [0.3, 0.4) is 0 Å². The van der Waals surface area contributed by atoms with E-state index in [0.717, 1.165) is 58.4 Å². The molecule has 2 aliphatic rings. The van der Waals surface area contributed by atoms with Gasteiger partial charge < -0.3 is 9.80 Å². The van der Waals surface area contributed by atoms with Gasteiger partial charge in [-0.2, -0.15) is 0 Å². The van der Waals surface area contributed by atoms with Crippen molar-refractivity contribution >= 4 is 5.91 Å². The third-order valence-electron chi connectivity index (χ3n) is 4.39. The zero-order chi connectivity index (χ0) is 13.9. The fraction of sp³-hybridized carbons (Fsp3) is 0.812. The third kappa shape index (κ3) is 4.07. The van der Waals surface area contributed by atoms with Crippen LogP contribution in [0.15, 0.2) is 11.6 Å². The minimum atomic E-state index is -0.00275. The van der Waals surface area contributed by atoms with Gasteiger partial charge in [0.15, 0.2) is 0 Å². The molecule has 19 heavy (non-hydrogen) atoms. The Hall–Kier alpha value is -0.830. The maximum atomic E-state index is 12.3. The molecule has 108 valence electrons. The summed E-state index contributed by atoms with van der Waals surface area (Å²) >= 11 is 0. The van der Waals surface area contributed by atoms with Crippen molar-refractivity contribution in [2.24, 2.45) is 5.41 Å². The maximum Gasteiger partial charge on any atom is 0.228 e. The van der Waals surface area contributed by atoms with Gasteiger partial charge in [-0.25, -0.2) is 0 Å². The normalized spacial score (nSPS) is 22.8. The third-order valence-corrected chi connectivity index (χ3v) is 4.39. The van der Waals surface area contributed by atoms with Crippen LogP contribution < -0.4 is 0 Å². The molecule has 1 aliphatic heterocycles. The zero-order valence-electron chi connectivity index (χ0n) is 12.7. The number of nitrogens with zero attached hydrogens (tertiary/aromatic N) is 2. The number of hydrogen-bond acceptors (Lipinski definition) is 2. The largest absolute Gasteiger partial charge is 0.341 e. The van der Waals surface area contributed by atoms with E-state index in [0.29, 0.717) is 5.91 Å². The minimum absolute atomic E-state index is 0.00275. The van der Waals surface area contributed by atoms with Gasteiger partial charge in [-0.05, 0) is 46.1 Å². The predicted octanol–water partition coefficient (Wildman–Crippen LogP) is 2.68. The van der Waals surface area contributed by atoms with Crippen LogP contribution in [0, 0.1) is 5.41 Å². The van der Waals surface area contributed by atoms with E-state index >= 15 is 0 Å². The highest BCUT2D eigenvalue weighted by atomic mass is 16.2. The van der Waals surface area contributed by atoms with E-state index in [9.17, 15) is 4.79 Å². The molecule has 1 saturated heterocycles. The first kappa shape index (κ1) is 14.6. The van der Waals surface area contributed by atoms with E-state index in [1.807, 2.05) is 0 Å². The lowest BCUT2D eigenvalue weighted by molar-refractivity contribution is -0.136. The van der Waals surface area contributed by atoms with E-state index in [1.54, 1.807) is 0 Å². The Morgan fingerprint density at radius 1 is 1.16 bits per heavy atom. The van der Waals surface area contributed by atoms with E-state index in [4.69, 9.17) is 0 Å². The number of rotatable bonds is 4. The highest BCUT2D eigenvalue weighted by Gasteiger charge is 2.47. The standard InChI is InChI=1S/C16H28N2O/c1-14(2)6-4-9-17-10-5-11-18(13-12-17)15(19)16(3)7-8-16/h6H,4-5,7-13H2,1-3H3. The molecule has 1 heterocycles. The Morgan fingerprint density at radius 3 is 2.53 bits per heavy atom. The van der Waals surface area contributed by atoms with Gasteiger partial charge in [0.1, 0.15) is 0 Å². The molecule has 0 radical (unpaired) electrons. The van der Waals surface area contributed by atoms with Gasteiger partial charge in [-0.1, -0.05) is 18.6 Å². The van der Waals surface area contributed by atoms with Gasteiger partial charge in [0, 0.05) is 31.6 Å². The fourth-order valence-corrected chi connectivity index (χ4v) is 2.72. The predicted molar refractivity (Wildman–Crippen MR) is 79.0 cm³/mol. The molecular weight excluding hydrogens is 236 g/mol. The molecule has 0 atom stereocenters. The summed E-state index contributed by atoms with van der Waals surface area (Å²) < 4.78 is 0. The number of amides is 1. The lowest BCUT2D eigenvalue weighted by Crippen LogP contribution is -2.39. The van der Waals surface area contributed by atoms with Gasteiger partial charge in [0.05, 0.1) is 0 Å². The first-order chi connectivity index (χ1) is 9.01. The van der Waals surface area contributed by atoms with Crippen LogP contribution in [0.5, 0.6) is 0 Å². The van der Waals surface area contributed by atoms with Gasteiger partial charge in [0.25, 0.3) is 0 Å². The first-order valence-corrected chi connectivity index (χ1v) is 7.66. The molecule has 0 bridgehead atoms. The van der Waals surface area contributed by atoms with Crippen molar-refractivity contribution in [1.82, 2.24) is 9.80 Å². The molecule has 3 heteroatoms. The Morgan fingerprint density at radius 2 is 1.89 bits per heavy atom. The topological polar surface area (TPSA) is 23.6 Å². The van der Waals surface area contributed by atoms with Crippen LogP contribution in [-0.4, -0.2) is 48.4 Å². The monoisotopic (exact) mass is 264 g/mol. The van der Waals surface area contributed by atoms with Crippen LogP contribution in [0.1, 0.15) is 46.5 Å². The Balaban J connectivity index is 1.78. The van der Waals surface area contributed by atoms with Crippen molar-refractivity contribution in [1.29, 1.82) is 0 Å². The lowest BCUT2D eigenvalue weighted by Gasteiger charge is -2.24. The Labute approximate surface area is 117 Å². The second kappa shape index (κ2) is 6.08. The van der Waals surface area contributed by atoms with E-state index in [2.05, 4.69) is 36.6 Å². The number of carbonyl (C=O) groups excluding carboxylic acids is 1. The second-order valence-electron chi connectivity index (χ2n) is 6.62. The Bertz CT molecular complexity index is 354. The SMILES string of the molecule is CC(C)=CCCN1CCCN(C(=O)C2(C)CC2)CC1. The summed E-state index contributed by atoms with van der Waals surface area (Å²) in [5, 5.41) is 0. The lowest BCUT2D eigenvalue weighted by atomic mass is 10.1. The van der Waals surface area contributed by atoms with E-state index < -0.39 is 0 Å². The minimum Gasteiger partial charge on any atom is -0.341 e. The van der Waals surface area contributed by atoms with Crippen LogP contribution in [0.25, 0.3) is 0 Å². The van der Waals surface area contributed by atoms with Crippen LogP contribution in [-0.2, 0) is 4.79 Å². The molecule has 0 N–H and O–H groups in total. The van der Waals surface area contributed by atoms with Gasteiger partial charge in [-0.3, -0.25) is 4.79 Å². The first-order valence-electron chi connectivity index (χ1n) is 7.66. The summed E-state index contributed by atoms with van der Waals surface area (Å²) in [5.74, 6) is 0.402. The van der Waals surface area contributed by atoms with Gasteiger partial charge >= 0.3 is 0 Å². The molecule has 1 aliphatic carbocycles. The van der Waals surface area contributed by atoms with Crippen molar-refractivity contribution in [3.63, 3.8) is 0 Å². The highest BCUT2D eigenvalue weighted by molar-refractivity contribution is 5.84. The summed E-state index contributed by atoms with van der Waals surface area (Å²) in [4.78, 5) is 16.9. The zero-order valence-corrected chi connectivity index (χ0v) is 12.7. The molecule has 0 spiro atoms.